The van der Waals surface area contributed by atoms with Gasteiger partial charge >= 0.3 is 0 Å². The van der Waals surface area contributed by atoms with Crippen LogP contribution in [0.3, 0.4) is 0 Å². The maximum atomic E-state index is 10.8. The molecule has 3 N–H and O–H groups in total. The first-order valence-electron chi connectivity index (χ1n) is 12.1. The SMILES string of the molecule is CCSCCCO[C@]1(CO)C[C@H](O)C[C@H]([C@H](O)CCCc2ccc(-c3ccccc3)cc2)O1. The van der Waals surface area contributed by atoms with Crippen molar-refractivity contribution in [2.24, 2.45) is 0 Å². The Morgan fingerprint density at radius 3 is 2.52 bits per heavy atom. The first-order chi connectivity index (χ1) is 16.0. The molecule has 1 aliphatic rings. The van der Waals surface area contributed by atoms with Crippen LogP contribution in [0.15, 0.2) is 54.6 Å². The predicted octanol–water partition coefficient (Wildman–Crippen LogP) is 4.43. The zero-order valence-electron chi connectivity index (χ0n) is 19.6. The molecule has 4 atom stereocenters. The summed E-state index contributed by atoms with van der Waals surface area (Å²) in [7, 11) is 0. The van der Waals surface area contributed by atoms with Crippen molar-refractivity contribution >= 4 is 11.8 Å². The van der Waals surface area contributed by atoms with E-state index in [4.69, 9.17) is 9.47 Å². The summed E-state index contributed by atoms with van der Waals surface area (Å²) < 4.78 is 11.9. The monoisotopic (exact) mass is 474 g/mol. The lowest BCUT2D eigenvalue weighted by Crippen LogP contribution is -2.53. The molecule has 5 nitrogen and oxygen atoms in total. The Kier molecular flexibility index (Phi) is 10.7. The van der Waals surface area contributed by atoms with Crippen LogP contribution in [0.2, 0.25) is 0 Å². The fraction of sp³-hybridized carbons (Fsp3) is 0.556. The Bertz CT molecular complexity index is 800. The summed E-state index contributed by atoms with van der Waals surface area (Å²) in [6.45, 7) is 2.25. The Morgan fingerprint density at radius 1 is 1.09 bits per heavy atom. The Morgan fingerprint density at radius 2 is 1.82 bits per heavy atom. The normalized spacial score (nSPS) is 24.0. The molecule has 182 valence electrons. The fourth-order valence-corrected chi connectivity index (χ4v) is 4.93. The molecule has 0 saturated carbocycles. The van der Waals surface area contributed by atoms with Crippen molar-refractivity contribution in [3.63, 3.8) is 0 Å². The van der Waals surface area contributed by atoms with Crippen LogP contribution in [-0.4, -0.2) is 64.1 Å². The number of rotatable bonds is 13. The molecule has 0 unspecified atom stereocenters. The molecule has 0 spiro atoms. The third-order valence-electron chi connectivity index (χ3n) is 6.12. The van der Waals surface area contributed by atoms with Crippen LogP contribution in [0.5, 0.6) is 0 Å². The molecular formula is C27H38O5S. The Hall–Kier alpha value is -1.41. The minimum absolute atomic E-state index is 0.224. The van der Waals surface area contributed by atoms with Gasteiger partial charge in [0.25, 0.3) is 0 Å². The average molecular weight is 475 g/mol. The minimum atomic E-state index is -1.23. The van der Waals surface area contributed by atoms with E-state index in [0.29, 0.717) is 19.4 Å². The average Bonchev–Trinajstić information content (AvgIpc) is 2.84. The third kappa shape index (κ3) is 8.09. The van der Waals surface area contributed by atoms with Crippen LogP contribution in [0, 0.1) is 0 Å². The molecule has 0 bridgehead atoms. The van der Waals surface area contributed by atoms with E-state index in [1.54, 1.807) is 0 Å². The van der Waals surface area contributed by atoms with Gasteiger partial charge in [-0.05, 0) is 53.9 Å². The van der Waals surface area contributed by atoms with Gasteiger partial charge in [-0.25, -0.2) is 0 Å². The van der Waals surface area contributed by atoms with Crippen LogP contribution in [0.4, 0.5) is 0 Å². The summed E-state index contributed by atoms with van der Waals surface area (Å²) in [5.74, 6) is 0.818. The van der Waals surface area contributed by atoms with E-state index in [0.717, 1.165) is 30.8 Å². The quantitative estimate of drug-likeness (QED) is 0.373. The van der Waals surface area contributed by atoms with Crippen LogP contribution >= 0.6 is 11.8 Å². The molecule has 2 aromatic carbocycles. The highest BCUT2D eigenvalue weighted by molar-refractivity contribution is 7.99. The van der Waals surface area contributed by atoms with Crippen LogP contribution in [0.1, 0.15) is 44.6 Å². The van der Waals surface area contributed by atoms with Gasteiger partial charge in [-0.1, -0.05) is 61.5 Å². The number of aliphatic hydroxyl groups excluding tert-OH is 3. The summed E-state index contributed by atoms with van der Waals surface area (Å²) in [4.78, 5) is 0. The largest absolute Gasteiger partial charge is 0.393 e. The van der Waals surface area contributed by atoms with Crippen molar-refractivity contribution in [1.82, 2.24) is 0 Å². The third-order valence-corrected chi connectivity index (χ3v) is 7.10. The highest BCUT2D eigenvalue weighted by atomic mass is 32.2. The van der Waals surface area contributed by atoms with E-state index in [2.05, 4.69) is 43.3 Å². The second-order valence-electron chi connectivity index (χ2n) is 8.74. The highest BCUT2D eigenvalue weighted by Gasteiger charge is 2.43. The van der Waals surface area contributed by atoms with Gasteiger partial charge in [0.2, 0.25) is 0 Å². The zero-order valence-corrected chi connectivity index (χ0v) is 20.4. The molecule has 1 fully saturated rings. The van der Waals surface area contributed by atoms with Crippen molar-refractivity contribution in [3.05, 3.63) is 60.2 Å². The molecule has 6 heteroatoms. The van der Waals surface area contributed by atoms with Gasteiger partial charge in [0.15, 0.2) is 5.79 Å². The van der Waals surface area contributed by atoms with E-state index in [-0.39, 0.29) is 13.0 Å². The van der Waals surface area contributed by atoms with Crippen molar-refractivity contribution < 1.29 is 24.8 Å². The number of thioether (sulfide) groups is 1. The van der Waals surface area contributed by atoms with Gasteiger partial charge in [-0.2, -0.15) is 11.8 Å². The first kappa shape index (κ1) is 26.2. The van der Waals surface area contributed by atoms with Gasteiger partial charge < -0.3 is 24.8 Å². The van der Waals surface area contributed by atoms with E-state index >= 15 is 0 Å². The zero-order chi connectivity index (χ0) is 23.5. The molecule has 2 aromatic rings. The molecule has 1 aliphatic heterocycles. The molecule has 0 aliphatic carbocycles. The summed E-state index contributed by atoms with van der Waals surface area (Å²) >= 11 is 1.84. The molecule has 0 amide bonds. The molecule has 1 saturated heterocycles. The molecule has 0 aromatic heterocycles. The van der Waals surface area contributed by atoms with E-state index in [1.165, 1.54) is 16.7 Å². The lowest BCUT2D eigenvalue weighted by Gasteiger charge is -2.43. The van der Waals surface area contributed by atoms with Crippen LogP contribution in [0.25, 0.3) is 11.1 Å². The molecule has 3 rings (SSSR count). The molecule has 0 radical (unpaired) electrons. The lowest BCUT2D eigenvalue weighted by atomic mass is 9.93. The second-order valence-corrected chi connectivity index (χ2v) is 10.1. The number of hydrogen-bond acceptors (Lipinski definition) is 6. The van der Waals surface area contributed by atoms with Crippen molar-refractivity contribution in [2.75, 3.05) is 24.7 Å². The van der Waals surface area contributed by atoms with Gasteiger partial charge in [0.05, 0.1) is 31.5 Å². The lowest BCUT2D eigenvalue weighted by molar-refractivity contribution is -0.319. The summed E-state index contributed by atoms with van der Waals surface area (Å²) in [6.07, 6.45) is 1.73. The predicted molar refractivity (Wildman–Crippen MR) is 134 cm³/mol. The first-order valence-corrected chi connectivity index (χ1v) is 13.2. The summed E-state index contributed by atoms with van der Waals surface area (Å²) in [5, 5.41) is 31.1. The number of ether oxygens (including phenoxy) is 2. The minimum Gasteiger partial charge on any atom is -0.393 e. The molecule has 1 heterocycles. The number of aryl methyl sites for hydroxylation is 1. The van der Waals surface area contributed by atoms with Crippen LogP contribution < -0.4 is 0 Å². The Labute approximate surface area is 202 Å². The van der Waals surface area contributed by atoms with Gasteiger partial charge in [0, 0.05) is 12.8 Å². The van der Waals surface area contributed by atoms with Crippen molar-refractivity contribution in [2.45, 2.75) is 69.5 Å². The van der Waals surface area contributed by atoms with Gasteiger partial charge in [-0.3, -0.25) is 0 Å². The Balaban J connectivity index is 1.47. The fourth-order valence-electron chi connectivity index (χ4n) is 4.32. The maximum absolute atomic E-state index is 10.8. The standard InChI is InChI=1S/C27H38O5S/c1-2-33-17-7-16-31-27(20-28)19-24(29)18-26(32-27)25(30)11-6-8-21-12-14-23(15-13-21)22-9-4-3-5-10-22/h3-5,9-10,12-15,24-26,28-30H,2,6-8,11,16-20H2,1H3/t24-,25-,26-,27-/m1/s1. The van der Waals surface area contributed by atoms with Crippen molar-refractivity contribution in [1.29, 1.82) is 0 Å². The topological polar surface area (TPSA) is 79.2 Å². The van der Waals surface area contributed by atoms with E-state index in [1.807, 2.05) is 30.0 Å². The van der Waals surface area contributed by atoms with E-state index < -0.39 is 24.1 Å². The summed E-state index contributed by atoms with van der Waals surface area (Å²) in [5.41, 5.74) is 3.62. The second kappa shape index (κ2) is 13.5. The molecular weight excluding hydrogens is 436 g/mol. The summed E-state index contributed by atoms with van der Waals surface area (Å²) in [6, 6.07) is 18.8. The van der Waals surface area contributed by atoms with Crippen LogP contribution in [-0.2, 0) is 15.9 Å². The number of benzene rings is 2. The number of aliphatic hydroxyl groups is 3. The van der Waals surface area contributed by atoms with Crippen molar-refractivity contribution in [3.8, 4) is 11.1 Å². The van der Waals surface area contributed by atoms with Gasteiger partial charge in [-0.15, -0.1) is 0 Å². The molecule has 33 heavy (non-hydrogen) atoms. The van der Waals surface area contributed by atoms with E-state index in [9.17, 15) is 15.3 Å². The smallest absolute Gasteiger partial charge is 0.194 e. The number of hydrogen-bond donors (Lipinski definition) is 3. The maximum Gasteiger partial charge on any atom is 0.194 e. The van der Waals surface area contributed by atoms with Gasteiger partial charge in [0.1, 0.15) is 0 Å². The highest BCUT2D eigenvalue weighted by Crippen LogP contribution is 2.33.